The molecular formula is C13H16N2O. The predicted octanol–water partition coefficient (Wildman–Crippen LogP) is 2.32. The molecule has 84 valence electrons. The van der Waals surface area contributed by atoms with Gasteiger partial charge in [0.15, 0.2) is 0 Å². The minimum atomic E-state index is 0.545. The molecule has 0 aliphatic rings. The van der Waals surface area contributed by atoms with Crippen molar-refractivity contribution in [1.29, 1.82) is 5.26 Å². The molecule has 1 aromatic rings. The Morgan fingerprint density at radius 1 is 1.56 bits per heavy atom. The Balaban J connectivity index is 3.09. The quantitative estimate of drug-likeness (QED) is 0.840. The number of benzene rings is 1. The third-order valence-corrected chi connectivity index (χ3v) is 2.43. The van der Waals surface area contributed by atoms with Crippen LogP contribution < -0.4 is 10.5 Å². The normalized spacial score (nSPS) is 11.0. The summed E-state index contributed by atoms with van der Waals surface area (Å²) in [7, 11) is 1.56. The Labute approximate surface area is 96.1 Å². The van der Waals surface area contributed by atoms with E-state index in [4.69, 9.17) is 15.7 Å². The molecule has 0 aromatic heterocycles. The van der Waals surface area contributed by atoms with Gasteiger partial charge in [0.25, 0.3) is 0 Å². The Morgan fingerprint density at radius 2 is 2.31 bits per heavy atom. The van der Waals surface area contributed by atoms with E-state index in [1.807, 2.05) is 18.2 Å². The lowest BCUT2D eigenvalue weighted by Crippen LogP contribution is -2.01. The zero-order valence-electron chi connectivity index (χ0n) is 9.66. The lowest BCUT2D eigenvalue weighted by atomic mass is 10.1. The molecule has 3 nitrogen and oxygen atoms in total. The highest BCUT2D eigenvalue weighted by atomic mass is 16.5. The Morgan fingerprint density at radius 3 is 2.81 bits per heavy atom. The van der Waals surface area contributed by atoms with E-state index in [0.717, 1.165) is 17.6 Å². The molecule has 0 aliphatic carbocycles. The number of methoxy groups -OCH3 is 1. The highest BCUT2D eigenvalue weighted by Gasteiger charge is 2.02. The van der Waals surface area contributed by atoms with E-state index in [9.17, 15) is 0 Å². The smallest absolute Gasteiger partial charge is 0.136 e. The zero-order chi connectivity index (χ0) is 12.0. The molecular weight excluding hydrogens is 200 g/mol. The van der Waals surface area contributed by atoms with Gasteiger partial charge in [-0.05, 0) is 24.1 Å². The van der Waals surface area contributed by atoms with Crippen molar-refractivity contribution in [3.05, 3.63) is 34.9 Å². The van der Waals surface area contributed by atoms with Crippen LogP contribution in [0.15, 0.2) is 23.8 Å². The Kier molecular flexibility index (Phi) is 4.56. The van der Waals surface area contributed by atoms with E-state index in [2.05, 4.69) is 13.0 Å². The fourth-order valence-corrected chi connectivity index (χ4v) is 1.44. The van der Waals surface area contributed by atoms with Crippen molar-refractivity contribution in [2.24, 2.45) is 5.73 Å². The molecule has 16 heavy (non-hydrogen) atoms. The predicted molar refractivity (Wildman–Crippen MR) is 65.0 cm³/mol. The summed E-state index contributed by atoms with van der Waals surface area (Å²) in [6, 6.07) is 7.64. The topological polar surface area (TPSA) is 59.0 Å². The van der Waals surface area contributed by atoms with E-state index in [-0.39, 0.29) is 0 Å². The van der Waals surface area contributed by atoms with Gasteiger partial charge in [-0.2, -0.15) is 5.26 Å². The molecule has 0 atom stereocenters. The molecule has 0 unspecified atom stereocenters. The molecule has 0 bridgehead atoms. The van der Waals surface area contributed by atoms with Crippen molar-refractivity contribution in [2.75, 3.05) is 13.7 Å². The van der Waals surface area contributed by atoms with Crippen LogP contribution in [0.2, 0.25) is 0 Å². The lowest BCUT2D eigenvalue weighted by molar-refractivity contribution is 0.413. The maximum atomic E-state index is 8.95. The first kappa shape index (κ1) is 12.3. The average Bonchev–Trinajstić information content (AvgIpc) is 2.35. The molecule has 0 spiro atoms. The Bertz CT molecular complexity index is 424. The van der Waals surface area contributed by atoms with E-state index in [0.29, 0.717) is 17.9 Å². The van der Waals surface area contributed by atoms with Crippen LogP contribution in [0.4, 0.5) is 0 Å². The summed E-state index contributed by atoms with van der Waals surface area (Å²) in [5.74, 6) is 0.602. The highest BCUT2D eigenvalue weighted by Crippen LogP contribution is 2.20. The maximum absolute atomic E-state index is 8.95. The van der Waals surface area contributed by atoms with Gasteiger partial charge in [-0.25, -0.2) is 0 Å². The van der Waals surface area contributed by atoms with Crippen molar-refractivity contribution in [3.8, 4) is 11.8 Å². The minimum absolute atomic E-state index is 0.545. The molecule has 3 heteroatoms. The van der Waals surface area contributed by atoms with Crippen molar-refractivity contribution in [3.63, 3.8) is 0 Å². The first-order valence-corrected chi connectivity index (χ1v) is 5.22. The second-order valence-electron chi connectivity index (χ2n) is 3.43. The number of hydrogen-bond acceptors (Lipinski definition) is 3. The van der Waals surface area contributed by atoms with Crippen LogP contribution in [0.1, 0.15) is 24.5 Å². The number of nitrogens with two attached hydrogens (primary N) is 1. The summed E-state index contributed by atoms with van der Waals surface area (Å²) in [6.07, 6.45) is 2.94. The molecule has 0 saturated carbocycles. The van der Waals surface area contributed by atoms with Crippen molar-refractivity contribution in [2.45, 2.75) is 13.3 Å². The van der Waals surface area contributed by atoms with Gasteiger partial charge in [-0.3, -0.25) is 0 Å². The van der Waals surface area contributed by atoms with Crippen molar-refractivity contribution >= 4 is 6.08 Å². The van der Waals surface area contributed by atoms with Gasteiger partial charge in [0, 0.05) is 6.54 Å². The van der Waals surface area contributed by atoms with E-state index < -0.39 is 0 Å². The van der Waals surface area contributed by atoms with Crippen LogP contribution in [0.25, 0.3) is 6.08 Å². The summed E-state index contributed by atoms with van der Waals surface area (Å²) in [5.41, 5.74) is 8.29. The lowest BCUT2D eigenvalue weighted by Gasteiger charge is -2.04. The van der Waals surface area contributed by atoms with Gasteiger partial charge >= 0.3 is 0 Å². The first-order chi connectivity index (χ1) is 7.74. The number of nitriles is 1. The van der Waals surface area contributed by atoms with E-state index >= 15 is 0 Å². The monoisotopic (exact) mass is 216 g/mol. The fourth-order valence-electron chi connectivity index (χ4n) is 1.44. The molecule has 0 aliphatic heterocycles. The summed E-state index contributed by atoms with van der Waals surface area (Å²) >= 11 is 0. The maximum Gasteiger partial charge on any atom is 0.136 e. The number of ether oxygens (including phenoxy) is 1. The van der Waals surface area contributed by atoms with E-state index in [1.165, 1.54) is 0 Å². The molecule has 2 N–H and O–H groups in total. The van der Waals surface area contributed by atoms with Crippen molar-refractivity contribution in [1.82, 2.24) is 0 Å². The molecule has 0 radical (unpaired) electrons. The van der Waals surface area contributed by atoms with Crippen LogP contribution in [-0.4, -0.2) is 13.7 Å². The molecule has 0 saturated heterocycles. The van der Waals surface area contributed by atoms with Crippen LogP contribution in [-0.2, 0) is 0 Å². The summed E-state index contributed by atoms with van der Waals surface area (Å²) in [5, 5.41) is 8.95. The van der Waals surface area contributed by atoms with Crippen LogP contribution in [0.5, 0.6) is 5.75 Å². The molecule has 0 fully saturated rings. The molecule has 0 amide bonds. The third-order valence-electron chi connectivity index (χ3n) is 2.43. The summed E-state index contributed by atoms with van der Waals surface area (Å²) in [4.78, 5) is 0. The van der Waals surface area contributed by atoms with Crippen LogP contribution in [0, 0.1) is 11.3 Å². The zero-order valence-corrected chi connectivity index (χ0v) is 9.66. The van der Waals surface area contributed by atoms with Crippen LogP contribution >= 0.6 is 0 Å². The number of hydrogen-bond donors (Lipinski definition) is 1. The molecule has 0 heterocycles. The van der Waals surface area contributed by atoms with Gasteiger partial charge < -0.3 is 10.5 Å². The largest absolute Gasteiger partial charge is 0.495 e. The molecule has 1 rings (SSSR count). The van der Waals surface area contributed by atoms with Gasteiger partial charge in [-0.15, -0.1) is 0 Å². The SMILES string of the molecule is CCC(=Cc1ccc(OC)c(C#N)c1)CN. The second-order valence-corrected chi connectivity index (χ2v) is 3.43. The molecule has 1 aromatic carbocycles. The van der Waals surface area contributed by atoms with Crippen molar-refractivity contribution < 1.29 is 4.74 Å². The second kappa shape index (κ2) is 5.94. The third kappa shape index (κ3) is 2.85. The van der Waals surface area contributed by atoms with Crippen LogP contribution in [0.3, 0.4) is 0 Å². The van der Waals surface area contributed by atoms with Gasteiger partial charge in [0.05, 0.1) is 12.7 Å². The first-order valence-electron chi connectivity index (χ1n) is 5.22. The summed E-state index contributed by atoms with van der Waals surface area (Å²) < 4.78 is 5.08. The highest BCUT2D eigenvalue weighted by molar-refractivity contribution is 5.58. The number of rotatable bonds is 4. The van der Waals surface area contributed by atoms with Gasteiger partial charge in [-0.1, -0.05) is 24.6 Å². The van der Waals surface area contributed by atoms with Gasteiger partial charge in [0.1, 0.15) is 11.8 Å². The number of nitrogens with zero attached hydrogens (tertiary/aromatic N) is 1. The standard InChI is InChI=1S/C13H16N2O/c1-3-10(8-14)6-11-4-5-13(16-2)12(7-11)9-15/h4-7H,3,8,14H2,1-2H3. The van der Waals surface area contributed by atoms with E-state index in [1.54, 1.807) is 13.2 Å². The minimum Gasteiger partial charge on any atom is -0.495 e. The Hall–Kier alpha value is -1.79. The average molecular weight is 216 g/mol. The summed E-state index contributed by atoms with van der Waals surface area (Å²) in [6.45, 7) is 2.61. The van der Waals surface area contributed by atoms with Gasteiger partial charge in [0.2, 0.25) is 0 Å². The fraction of sp³-hybridized carbons (Fsp3) is 0.308.